The number of carbonyl (C=O) groups is 1. The molecule has 0 bridgehead atoms. The molecule has 0 saturated carbocycles. The second-order valence-corrected chi connectivity index (χ2v) is 3.93. The van der Waals surface area contributed by atoms with Crippen molar-refractivity contribution in [2.24, 2.45) is 0 Å². The first kappa shape index (κ1) is 13.4. The lowest BCUT2D eigenvalue weighted by molar-refractivity contribution is 0.0693. The lowest BCUT2D eigenvalue weighted by Gasteiger charge is -2.10. The molecule has 3 N–H and O–H groups in total. The van der Waals surface area contributed by atoms with Crippen LogP contribution in [-0.2, 0) is 0 Å². The molecule has 94 valence electrons. The topological polar surface area (TPSA) is 72.5 Å². The fraction of sp³-hybridized carbons (Fsp3) is 0.462. The molecule has 0 spiro atoms. The van der Waals surface area contributed by atoms with E-state index in [2.05, 4.69) is 6.92 Å². The van der Waals surface area contributed by atoms with E-state index in [0.29, 0.717) is 12.4 Å². The fourth-order valence-electron chi connectivity index (χ4n) is 1.61. The molecule has 1 aromatic carbocycles. The maximum Gasteiger partial charge on any atom is 0.341 e. The van der Waals surface area contributed by atoms with Crippen LogP contribution in [0, 0.1) is 0 Å². The number of unbranched alkanes of at least 4 members (excludes halogenated alkanes) is 3. The third-order valence-corrected chi connectivity index (χ3v) is 2.53. The van der Waals surface area contributed by atoms with E-state index in [0.717, 1.165) is 12.8 Å². The van der Waals surface area contributed by atoms with Crippen LogP contribution in [0.2, 0.25) is 0 Å². The van der Waals surface area contributed by atoms with Crippen molar-refractivity contribution in [3.05, 3.63) is 23.8 Å². The first-order valence-electron chi connectivity index (χ1n) is 5.91. The summed E-state index contributed by atoms with van der Waals surface area (Å²) < 4.78 is 5.47. The van der Waals surface area contributed by atoms with Crippen LogP contribution < -0.4 is 10.5 Å². The maximum atomic E-state index is 11.0. The molecule has 0 unspecified atom stereocenters. The van der Waals surface area contributed by atoms with Gasteiger partial charge in [-0.3, -0.25) is 0 Å². The summed E-state index contributed by atoms with van der Waals surface area (Å²) in [5.41, 5.74) is 5.91. The van der Waals surface area contributed by atoms with Crippen LogP contribution in [0.3, 0.4) is 0 Å². The molecule has 1 rings (SSSR count). The first-order valence-corrected chi connectivity index (χ1v) is 5.91. The molecule has 0 radical (unpaired) electrons. The van der Waals surface area contributed by atoms with Gasteiger partial charge in [0.2, 0.25) is 0 Å². The Labute approximate surface area is 101 Å². The summed E-state index contributed by atoms with van der Waals surface area (Å²) in [5.74, 6) is -0.694. The van der Waals surface area contributed by atoms with Crippen LogP contribution in [0.1, 0.15) is 43.0 Å². The zero-order chi connectivity index (χ0) is 12.7. The SMILES string of the molecule is CCCCCCOc1cccc(N)c1C(=O)O. The molecular formula is C13H19NO3. The van der Waals surface area contributed by atoms with Gasteiger partial charge in [0.1, 0.15) is 11.3 Å². The van der Waals surface area contributed by atoms with Crippen molar-refractivity contribution < 1.29 is 14.6 Å². The zero-order valence-electron chi connectivity index (χ0n) is 10.1. The number of nitrogen functional groups attached to an aromatic ring is 1. The lowest BCUT2D eigenvalue weighted by Crippen LogP contribution is -2.07. The Morgan fingerprint density at radius 2 is 2.12 bits per heavy atom. The number of rotatable bonds is 7. The quantitative estimate of drug-likeness (QED) is 0.565. The van der Waals surface area contributed by atoms with E-state index in [1.54, 1.807) is 18.2 Å². The Morgan fingerprint density at radius 3 is 2.76 bits per heavy atom. The molecule has 0 aliphatic carbocycles. The fourth-order valence-corrected chi connectivity index (χ4v) is 1.61. The largest absolute Gasteiger partial charge is 0.493 e. The smallest absolute Gasteiger partial charge is 0.341 e. The minimum atomic E-state index is -1.05. The monoisotopic (exact) mass is 237 g/mol. The number of benzene rings is 1. The van der Waals surface area contributed by atoms with Crippen molar-refractivity contribution in [2.75, 3.05) is 12.3 Å². The molecule has 0 amide bonds. The normalized spacial score (nSPS) is 10.2. The van der Waals surface area contributed by atoms with Gasteiger partial charge in [-0.15, -0.1) is 0 Å². The summed E-state index contributed by atoms with van der Waals surface area (Å²) >= 11 is 0. The van der Waals surface area contributed by atoms with Crippen molar-refractivity contribution in [3.63, 3.8) is 0 Å². The number of ether oxygens (including phenoxy) is 1. The highest BCUT2D eigenvalue weighted by atomic mass is 16.5. The molecule has 0 atom stereocenters. The van der Waals surface area contributed by atoms with Crippen molar-refractivity contribution >= 4 is 11.7 Å². The predicted molar refractivity (Wildman–Crippen MR) is 67.5 cm³/mol. The van der Waals surface area contributed by atoms with E-state index in [-0.39, 0.29) is 11.3 Å². The van der Waals surface area contributed by atoms with Gasteiger partial charge in [0.05, 0.1) is 6.61 Å². The van der Waals surface area contributed by atoms with Crippen LogP contribution in [0.15, 0.2) is 18.2 Å². The van der Waals surface area contributed by atoms with Gasteiger partial charge in [0.15, 0.2) is 0 Å². The minimum Gasteiger partial charge on any atom is -0.493 e. The van der Waals surface area contributed by atoms with Gasteiger partial charge in [-0.2, -0.15) is 0 Å². The van der Waals surface area contributed by atoms with Crippen LogP contribution in [0.4, 0.5) is 5.69 Å². The molecule has 17 heavy (non-hydrogen) atoms. The number of anilines is 1. The van der Waals surface area contributed by atoms with Gasteiger partial charge in [-0.25, -0.2) is 4.79 Å². The number of hydrogen-bond acceptors (Lipinski definition) is 3. The molecule has 4 heteroatoms. The summed E-state index contributed by atoms with van der Waals surface area (Å²) in [6.07, 6.45) is 4.37. The summed E-state index contributed by atoms with van der Waals surface area (Å²) in [6.45, 7) is 2.67. The van der Waals surface area contributed by atoms with Crippen molar-refractivity contribution in [1.29, 1.82) is 0 Å². The number of carboxylic acids is 1. The standard InChI is InChI=1S/C13H19NO3/c1-2-3-4-5-9-17-11-8-6-7-10(14)12(11)13(15)16/h6-8H,2-5,9,14H2,1H3,(H,15,16). The van der Waals surface area contributed by atoms with Gasteiger partial charge < -0.3 is 15.6 Å². The molecular weight excluding hydrogens is 218 g/mol. The van der Waals surface area contributed by atoms with E-state index in [1.807, 2.05) is 0 Å². The van der Waals surface area contributed by atoms with Crippen molar-refractivity contribution in [2.45, 2.75) is 32.6 Å². The van der Waals surface area contributed by atoms with Crippen LogP contribution in [0.5, 0.6) is 5.75 Å². The Bertz CT molecular complexity index is 377. The second-order valence-electron chi connectivity index (χ2n) is 3.93. The summed E-state index contributed by atoms with van der Waals surface area (Å²) in [4.78, 5) is 11.0. The Morgan fingerprint density at radius 1 is 1.35 bits per heavy atom. The lowest BCUT2D eigenvalue weighted by atomic mass is 10.1. The average Bonchev–Trinajstić information content (AvgIpc) is 2.28. The average molecular weight is 237 g/mol. The highest BCUT2D eigenvalue weighted by Crippen LogP contribution is 2.24. The highest BCUT2D eigenvalue weighted by Gasteiger charge is 2.14. The van der Waals surface area contributed by atoms with E-state index >= 15 is 0 Å². The molecule has 0 aromatic heterocycles. The van der Waals surface area contributed by atoms with E-state index in [1.165, 1.54) is 12.8 Å². The Balaban J connectivity index is 2.58. The third-order valence-electron chi connectivity index (χ3n) is 2.53. The molecule has 0 fully saturated rings. The number of hydrogen-bond donors (Lipinski definition) is 2. The summed E-state index contributed by atoms with van der Waals surface area (Å²) in [6, 6.07) is 4.90. The predicted octanol–water partition coefficient (Wildman–Crippen LogP) is 2.93. The number of aromatic carboxylic acids is 1. The molecule has 0 aliphatic heterocycles. The Kier molecular flexibility index (Phi) is 5.33. The van der Waals surface area contributed by atoms with Gasteiger partial charge in [0, 0.05) is 5.69 Å². The summed E-state index contributed by atoms with van der Waals surface area (Å²) in [7, 11) is 0. The second kappa shape index (κ2) is 6.78. The Hall–Kier alpha value is -1.71. The van der Waals surface area contributed by atoms with Crippen molar-refractivity contribution in [1.82, 2.24) is 0 Å². The molecule has 0 heterocycles. The minimum absolute atomic E-state index is 0.0583. The number of carboxylic acid groups (broad SMARTS) is 1. The molecule has 1 aromatic rings. The van der Waals surface area contributed by atoms with Gasteiger partial charge in [-0.05, 0) is 18.6 Å². The van der Waals surface area contributed by atoms with Gasteiger partial charge in [0.25, 0.3) is 0 Å². The van der Waals surface area contributed by atoms with E-state index in [4.69, 9.17) is 15.6 Å². The van der Waals surface area contributed by atoms with Crippen LogP contribution in [0.25, 0.3) is 0 Å². The van der Waals surface area contributed by atoms with Crippen molar-refractivity contribution in [3.8, 4) is 5.75 Å². The molecule has 0 saturated heterocycles. The highest BCUT2D eigenvalue weighted by molar-refractivity contribution is 5.96. The maximum absolute atomic E-state index is 11.0. The van der Waals surface area contributed by atoms with E-state index < -0.39 is 5.97 Å². The summed E-state index contributed by atoms with van der Waals surface area (Å²) in [5, 5.41) is 9.03. The van der Waals surface area contributed by atoms with Gasteiger partial charge in [-0.1, -0.05) is 32.3 Å². The zero-order valence-corrected chi connectivity index (χ0v) is 10.1. The third kappa shape index (κ3) is 3.98. The first-order chi connectivity index (χ1) is 8.16. The van der Waals surface area contributed by atoms with Gasteiger partial charge >= 0.3 is 5.97 Å². The van der Waals surface area contributed by atoms with Crippen LogP contribution in [-0.4, -0.2) is 17.7 Å². The molecule has 4 nitrogen and oxygen atoms in total. The molecule has 0 aliphatic rings. The van der Waals surface area contributed by atoms with E-state index in [9.17, 15) is 4.79 Å². The number of nitrogens with two attached hydrogens (primary N) is 1. The van der Waals surface area contributed by atoms with Crippen LogP contribution >= 0.6 is 0 Å².